The second-order valence-electron chi connectivity index (χ2n) is 6.55. The monoisotopic (exact) mass is 358 g/mol. The molecule has 1 N–H and O–H groups in total. The average molecular weight is 358 g/mol. The molecule has 3 saturated heterocycles. The third kappa shape index (κ3) is 3.27. The molecule has 1 unspecified atom stereocenters. The lowest BCUT2D eigenvalue weighted by Gasteiger charge is -2.44. The van der Waals surface area contributed by atoms with Crippen LogP contribution in [0.25, 0.3) is 10.4 Å². The number of rotatable bonds is 4. The standard InChI is InChI=1S/C17H18N4O3S/c22-16(19-14-10-20-7-5-11(14)6-8-20)17-18-9-15(25-17)12-1-3-13(4-2-12)21(23)24/h1-4,9,11,14H,5-8,10H2,(H,19,22). The van der Waals surface area contributed by atoms with E-state index in [0.717, 1.165) is 42.9 Å². The molecule has 25 heavy (non-hydrogen) atoms. The van der Waals surface area contributed by atoms with Crippen molar-refractivity contribution in [2.75, 3.05) is 19.6 Å². The highest BCUT2D eigenvalue weighted by Crippen LogP contribution is 2.30. The maximum absolute atomic E-state index is 12.5. The Morgan fingerprint density at radius 2 is 2.00 bits per heavy atom. The van der Waals surface area contributed by atoms with Crippen LogP contribution < -0.4 is 5.32 Å². The molecule has 130 valence electrons. The molecular weight excluding hydrogens is 340 g/mol. The summed E-state index contributed by atoms with van der Waals surface area (Å²) in [5.74, 6) is 0.444. The maximum Gasteiger partial charge on any atom is 0.280 e. The Kier molecular flexibility index (Phi) is 4.22. The molecule has 3 fully saturated rings. The lowest BCUT2D eigenvalue weighted by molar-refractivity contribution is -0.384. The average Bonchev–Trinajstić information content (AvgIpc) is 3.13. The topological polar surface area (TPSA) is 88.4 Å². The molecule has 2 aromatic rings. The number of hydrogen-bond acceptors (Lipinski definition) is 6. The first-order chi connectivity index (χ1) is 12.1. The van der Waals surface area contributed by atoms with Gasteiger partial charge in [-0.3, -0.25) is 14.9 Å². The number of nitro benzene ring substituents is 1. The summed E-state index contributed by atoms with van der Waals surface area (Å²) in [5, 5.41) is 14.3. The van der Waals surface area contributed by atoms with Crippen LogP contribution in [0.15, 0.2) is 30.5 Å². The predicted octanol–water partition coefficient (Wildman–Crippen LogP) is 2.54. The van der Waals surface area contributed by atoms with Gasteiger partial charge in [0.25, 0.3) is 11.6 Å². The first-order valence-corrected chi connectivity index (χ1v) is 9.15. The van der Waals surface area contributed by atoms with E-state index in [4.69, 9.17) is 0 Å². The molecule has 7 nitrogen and oxygen atoms in total. The second kappa shape index (κ2) is 6.53. The number of hydrogen-bond donors (Lipinski definition) is 1. The van der Waals surface area contributed by atoms with Crippen LogP contribution in [0, 0.1) is 16.0 Å². The van der Waals surface area contributed by atoms with Gasteiger partial charge in [0.05, 0.1) is 9.80 Å². The summed E-state index contributed by atoms with van der Waals surface area (Å²) >= 11 is 1.31. The third-order valence-electron chi connectivity index (χ3n) is 5.04. The number of nitrogens with one attached hydrogen (secondary N) is 1. The number of nitro groups is 1. The van der Waals surface area contributed by atoms with E-state index in [-0.39, 0.29) is 17.6 Å². The molecule has 1 aromatic carbocycles. The zero-order valence-electron chi connectivity index (χ0n) is 13.6. The maximum atomic E-state index is 12.5. The van der Waals surface area contributed by atoms with Crippen molar-refractivity contribution >= 4 is 22.9 Å². The van der Waals surface area contributed by atoms with Gasteiger partial charge in [-0.2, -0.15) is 0 Å². The van der Waals surface area contributed by atoms with Crippen LogP contribution >= 0.6 is 11.3 Å². The van der Waals surface area contributed by atoms with Crippen LogP contribution in [0.4, 0.5) is 5.69 Å². The lowest BCUT2D eigenvalue weighted by atomic mass is 9.84. The first-order valence-electron chi connectivity index (χ1n) is 8.34. The molecule has 3 aliphatic rings. The Bertz CT molecular complexity index is 796. The fraction of sp³-hybridized carbons (Fsp3) is 0.412. The number of amides is 1. The number of aromatic nitrogens is 1. The summed E-state index contributed by atoms with van der Waals surface area (Å²) < 4.78 is 0. The number of carbonyl (C=O) groups is 1. The Morgan fingerprint density at radius 3 is 2.60 bits per heavy atom. The number of fused-ring (bicyclic) bond motifs is 3. The summed E-state index contributed by atoms with van der Waals surface area (Å²) in [6.45, 7) is 3.20. The van der Waals surface area contributed by atoms with Gasteiger partial charge in [0.1, 0.15) is 0 Å². The van der Waals surface area contributed by atoms with Gasteiger partial charge in [0, 0.05) is 30.9 Å². The third-order valence-corrected chi connectivity index (χ3v) is 6.08. The minimum Gasteiger partial charge on any atom is -0.346 e. The molecule has 0 spiro atoms. The minimum absolute atomic E-state index is 0.0496. The molecule has 0 aliphatic carbocycles. The Hall–Kier alpha value is -2.32. The van der Waals surface area contributed by atoms with E-state index in [1.165, 1.54) is 23.5 Å². The van der Waals surface area contributed by atoms with E-state index < -0.39 is 4.92 Å². The molecule has 1 atom stereocenters. The van der Waals surface area contributed by atoms with Gasteiger partial charge in [-0.25, -0.2) is 4.98 Å². The van der Waals surface area contributed by atoms with Crippen molar-refractivity contribution in [2.45, 2.75) is 18.9 Å². The van der Waals surface area contributed by atoms with Gasteiger partial charge >= 0.3 is 0 Å². The zero-order chi connectivity index (χ0) is 17.4. The number of piperidine rings is 3. The summed E-state index contributed by atoms with van der Waals surface area (Å²) in [6.07, 6.45) is 3.95. The van der Waals surface area contributed by atoms with Gasteiger partial charge in [-0.05, 0) is 49.5 Å². The van der Waals surface area contributed by atoms with Crippen molar-refractivity contribution in [2.24, 2.45) is 5.92 Å². The molecule has 0 radical (unpaired) electrons. The SMILES string of the molecule is O=C(NC1CN2CCC1CC2)c1ncc(-c2ccc([N+](=O)[O-])cc2)s1. The van der Waals surface area contributed by atoms with E-state index in [0.29, 0.717) is 10.9 Å². The Balaban J connectivity index is 1.45. The minimum atomic E-state index is -0.427. The van der Waals surface area contributed by atoms with Crippen LogP contribution in [-0.2, 0) is 0 Å². The predicted molar refractivity (Wildman–Crippen MR) is 94.6 cm³/mol. The summed E-state index contributed by atoms with van der Waals surface area (Å²) in [6, 6.07) is 6.49. The van der Waals surface area contributed by atoms with Crippen LogP contribution in [0.2, 0.25) is 0 Å². The lowest BCUT2D eigenvalue weighted by Crippen LogP contribution is -2.57. The molecule has 3 aliphatic heterocycles. The highest BCUT2D eigenvalue weighted by molar-refractivity contribution is 7.16. The zero-order valence-corrected chi connectivity index (χ0v) is 14.4. The molecule has 1 aromatic heterocycles. The van der Waals surface area contributed by atoms with Crippen molar-refractivity contribution in [3.05, 3.63) is 45.6 Å². The second-order valence-corrected chi connectivity index (χ2v) is 7.58. The van der Waals surface area contributed by atoms with Crippen molar-refractivity contribution in [1.82, 2.24) is 15.2 Å². The largest absolute Gasteiger partial charge is 0.346 e. The van der Waals surface area contributed by atoms with Crippen LogP contribution in [0.5, 0.6) is 0 Å². The molecule has 2 bridgehead atoms. The number of non-ortho nitro benzene ring substituents is 1. The molecule has 8 heteroatoms. The molecule has 1 amide bonds. The van der Waals surface area contributed by atoms with Gasteiger partial charge in [-0.1, -0.05) is 0 Å². The van der Waals surface area contributed by atoms with Crippen molar-refractivity contribution in [1.29, 1.82) is 0 Å². The summed E-state index contributed by atoms with van der Waals surface area (Å²) in [4.78, 5) is 30.3. The molecule has 5 rings (SSSR count). The number of carbonyl (C=O) groups excluding carboxylic acids is 1. The van der Waals surface area contributed by atoms with Gasteiger partial charge in [0.15, 0.2) is 5.01 Å². The van der Waals surface area contributed by atoms with E-state index in [1.54, 1.807) is 18.3 Å². The number of nitrogens with zero attached hydrogens (tertiary/aromatic N) is 3. The van der Waals surface area contributed by atoms with Crippen molar-refractivity contribution in [3.63, 3.8) is 0 Å². The fourth-order valence-corrected chi connectivity index (χ4v) is 4.44. The molecule has 4 heterocycles. The van der Waals surface area contributed by atoms with Crippen molar-refractivity contribution in [3.8, 4) is 10.4 Å². The molecular formula is C17H18N4O3S. The van der Waals surface area contributed by atoms with Crippen molar-refractivity contribution < 1.29 is 9.72 Å². The quantitative estimate of drug-likeness (QED) is 0.670. The van der Waals surface area contributed by atoms with Crippen LogP contribution in [-0.4, -0.2) is 46.4 Å². The fourth-order valence-electron chi connectivity index (χ4n) is 3.62. The van der Waals surface area contributed by atoms with Crippen LogP contribution in [0.1, 0.15) is 22.6 Å². The van der Waals surface area contributed by atoms with Crippen LogP contribution in [0.3, 0.4) is 0 Å². The highest BCUT2D eigenvalue weighted by atomic mass is 32.1. The first kappa shape index (κ1) is 16.2. The van der Waals surface area contributed by atoms with E-state index >= 15 is 0 Å². The van der Waals surface area contributed by atoms with Gasteiger partial charge < -0.3 is 10.2 Å². The Morgan fingerprint density at radius 1 is 1.28 bits per heavy atom. The molecule has 0 saturated carbocycles. The Labute approximate surface area is 148 Å². The van der Waals surface area contributed by atoms with Gasteiger partial charge in [-0.15, -0.1) is 11.3 Å². The summed E-state index contributed by atoms with van der Waals surface area (Å²) in [5.41, 5.74) is 0.874. The normalized spacial score (nSPS) is 24.9. The van der Waals surface area contributed by atoms with Gasteiger partial charge in [0.2, 0.25) is 0 Å². The highest BCUT2D eigenvalue weighted by Gasteiger charge is 2.35. The number of benzene rings is 1. The van der Waals surface area contributed by atoms with E-state index in [1.807, 2.05) is 0 Å². The number of thiazole rings is 1. The van der Waals surface area contributed by atoms with E-state index in [2.05, 4.69) is 15.2 Å². The van der Waals surface area contributed by atoms with E-state index in [9.17, 15) is 14.9 Å². The summed E-state index contributed by atoms with van der Waals surface area (Å²) in [7, 11) is 0. The smallest absolute Gasteiger partial charge is 0.280 e.